The first-order valence-corrected chi connectivity index (χ1v) is 6.50. The van der Waals surface area contributed by atoms with Crippen LogP contribution in [0.1, 0.15) is 52.1 Å². The molecule has 1 unspecified atom stereocenters. The molecule has 2 nitrogen and oxygen atoms in total. The molecule has 96 valence electrons. The van der Waals surface area contributed by atoms with Crippen LogP contribution in [0.5, 0.6) is 5.75 Å². The smallest absolute Gasteiger partial charge is 0.124 e. The molecule has 0 aromatic heterocycles. The summed E-state index contributed by atoms with van der Waals surface area (Å²) < 4.78 is 5.77. The van der Waals surface area contributed by atoms with Crippen molar-refractivity contribution in [1.29, 1.82) is 0 Å². The van der Waals surface area contributed by atoms with Crippen molar-refractivity contribution in [3.8, 4) is 5.75 Å². The molecule has 1 aromatic rings. The molecular formula is C15H25NO. The van der Waals surface area contributed by atoms with Gasteiger partial charge < -0.3 is 10.5 Å². The average molecular weight is 235 g/mol. The Labute approximate surface area is 105 Å². The number of benzene rings is 1. The Hall–Kier alpha value is -1.02. The Balaban J connectivity index is 2.96. The molecule has 0 amide bonds. The standard InChI is InChI=1S/C15H25NO/c1-5-11-17-13-10-8-7-9-12(13)14(16)15(3,4)6-2/h7-10,14H,5-6,11,16H2,1-4H3. The molecule has 0 saturated heterocycles. The average Bonchev–Trinajstić information content (AvgIpc) is 2.35. The molecule has 0 radical (unpaired) electrons. The molecule has 1 aromatic carbocycles. The van der Waals surface area contributed by atoms with Gasteiger partial charge in [-0.15, -0.1) is 0 Å². The molecule has 17 heavy (non-hydrogen) atoms. The zero-order valence-electron chi connectivity index (χ0n) is 11.5. The minimum atomic E-state index is 0.0144. The van der Waals surface area contributed by atoms with E-state index in [1.54, 1.807) is 0 Å². The molecule has 1 atom stereocenters. The lowest BCUT2D eigenvalue weighted by atomic mass is 9.78. The third-order valence-electron chi connectivity index (χ3n) is 3.47. The summed E-state index contributed by atoms with van der Waals surface area (Å²) in [4.78, 5) is 0. The maximum atomic E-state index is 6.38. The van der Waals surface area contributed by atoms with Crippen molar-refractivity contribution in [3.63, 3.8) is 0 Å². The summed E-state index contributed by atoms with van der Waals surface area (Å²) in [5.74, 6) is 0.934. The van der Waals surface area contributed by atoms with E-state index in [1.165, 1.54) is 0 Å². The van der Waals surface area contributed by atoms with Gasteiger partial charge in [0.05, 0.1) is 6.61 Å². The van der Waals surface area contributed by atoms with Gasteiger partial charge in [0.15, 0.2) is 0 Å². The van der Waals surface area contributed by atoms with Crippen LogP contribution in [0, 0.1) is 5.41 Å². The molecule has 0 aliphatic rings. The van der Waals surface area contributed by atoms with E-state index in [9.17, 15) is 0 Å². The molecule has 0 fully saturated rings. The quantitative estimate of drug-likeness (QED) is 0.811. The second-order valence-corrected chi connectivity index (χ2v) is 5.21. The van der Waals surface area contributed by atoms with Gasteiger partial charge in [0.25, 0.3) is 0 Å². The van der Waals surface area contributed by atoms with Crippen LogP contribution in [0.3, 0.4) is 0 Å². The Bertz CT molecular complexity index is 347. The molecule has 1 rings (SSSR count). The highest BCUT2D eigenvalue weighted by atomic mass is 16.5. The van der Waals surface area contributed by atoms with Gasteiger partial charge in [-0.25, -0.2) is 0 Å². The lowest BCUT2D eigenvalue weighted by Crippen LogP contribution is -2.29. The van der Waals surface area contributed by atoms with Crippen molar-refractivity contribution in [2.24, 2.45) is 11.1 Å². The van der Waals surface area contributed by atoms with Crippen molar-refractivity contribution in [3.05, 3.63) is 29.8 Å². The van der Waals surface area contributed by atoms with Crippen LogP contribution in [0.2, 0.25) is 0 Å². The van der Waals surface area contributed by atoms with E-state index < -0.39 is 0 Å². The number of hydrogen-bond donors (Lipinski definition) is 1. The van der Waals surface area contributed by atoms with Crippen LogP contribution in [-0.2, 0) is 0 Å². The van der Waals surface area contributed by atoms with Gasteiger partial charge in [0.2, 0.25) is 0 Å². The largest absolute Gasteiger partial charge is 0.493 e. The monoisotopic (exact) mass is 235 g/mol. The summed E-state index contributed by atoms with van der Waals surface area (Å²) in [6, 6.07) is 8.13. The lowest BCUT2D eigenvalue weighted by molar-refractivity contribution is 0.261. The maximum Gasteiger partial charge on any atom is 0.124 e. The van der Waals surface area contributed by atoms with Crippen molar-refractivity contribution in [2.45, 2.75) is 46.6 Å². The summed E-state index contributed by atoms with van der Waals surface area (Å²) >= 11 is 0. The molecule has 2 heteroatoms. The van der Waals surface area contributed by atoms with E-state index in [-0.39, 0.29) is 11.5 Å². The SMILES string of the molecule is CCCOc1ccccc1C(N)C(C)(C)CC. The van der Waals surface area contributed by atoms with Crippen molar-refractivity contribution >= 4 is 0 Å². The summed E-state index contributed by atoms with van der Waals surface area (Å²) in [7, 11) is 0. The van der Waals surface area contributed by atoms with E-state index >= 15 is 0 Å². The Morgan fingerprint density at radius 3 is 2.47 bits per heavy atom. The summed E-state index contributed by atoms with van der Waals surface area (Å²) in [5, 5.41) is 0. The molecule has 0 heterocycles. The van der Waals surface area contributed by atoms with Crippen LogP contribution in [0.4, 0.5) is 0 Å². The predicted molar refractivity (Wildman–Crippen MR) is 73.2 cm³/mol. The highest BCUT2D eigenvalue weighted by molar-refractivity contribution is 5.36. The fourth-order valence-corrected chi connectivity index (χ4v) is 1.72. The Morgan fingerprint density at radius 2 is 1.88 bits per heavy atom. The molecule has 0 spiro atoms. The van der Waals surface area contributed by atoms with Crippen LogP contribution >= 0.6 is 0 Å². The van der Waals surface area contributed by atoms with Crippen molar-refractivity contribution in [2.75, 3.05) is 6.61 Å². The molecule has 0 aliphatic carbocycles. The summed E-state index contributed by atoms with van der Waals surface area (Å²) in [6.45, 7) is 9.44. The van der Waals surface area contributed by atoms with E-state index in [0.717, 1.165) is 30.8 Å². The van der Waals surface area contributed by atoms with Crippen LogP contribution in [0.15, 0.2) is 24.3 Å². The number of nitrogens with two attached hydrogens (primary N) is 1. The van der Waals surface area contributed by atoms with Gasteiger partial charge in [-0.1, -0.05) is 45.9 Å². The number of rotatable bonds is 6. The maximum absolute atomic E-state index is 6.38. The second-order valence-electron chi connectivity index (χ2n) is 5.21. The van der Waals surface area contributed by atoms with Crippen LogP contribution < -0.4 is 10.5 Å². The zero-order valence-corrected chi connectivity index (χ0v) is 11.5. The van der Waals surface area contributed by atoms with Gasteiger partial charge in [-0.2, -0.15) is 0 Å². The van der Waals surface area contributed by atoms with Crippen molar-refractivity contribution < 1.29 is 4.74 Å². The minimum absolute atomic E-state index is 0.0144. The highest BCUT2D eigenvalue weighted by Gasteiger charge is 2.27. The van der Waals surface area contributed by atoms with Gasteiger partial charge in [0.1, 0.15) is 5.75 Å². The molecule has 0 aliphatic heterocycles. The number of hydrogen-bond acceptors (Lipinski definition) is 2. The van der Waals surface area contributed by atoms with E-state index in [4.69, 9.17) is 10.5 Å². The number of ether oxygens (including phenoxy) is 1. The first-order chi connectivity index (χ1) is 8.03. The Morgan fingerprint density at radius 1 is 1.24 bits per heavy atom. The highest BCUT2D eigenvalue weighted by Crippen LogP contribution is 2.38. The molecule has 0 saturated carbocycles. The van der Waals surface area contributed by atoms with E-state index in [2.05, 4.69) is 33.8 Å². The van der Waals surface area contributed by atoms with Gasteiger partial charge in [-0.3, -0.25) is 0 Å². The van der Waals surface area contributed by atoms with Crippen LogP contribution in [0.25, 0.3) is 0 Å². The zero-order chi connectivity index (χ0) is 12.9. The van der Waals surface area contributed by atoms with Gasteiger partial charge in [-0.05, 0) is 24.3 Å². The predicted octanol–water partition coefficient (Wildman–Crippen LogP) is 3.91. The Kier molecular flexibility index (Phi) is 5.01. The third-order valence-corrected chi connectivity index (χ3v) is 3.47. The first kappa shape index (κ1) is 14.0. The summed E-state index contributed by atoms with van der Waals surface area (Å²) in [6.07, 6.45) is 2.07. The minimum Gasteiger partial charge on any atom is -0.493 e. The normalized spacial score (nSPS) is 13.5. The van der Waals surface area contributed by atoms with Gasteiger partial charge >= 0.3 is 0 Å². The van der Waals surface area contributed by atoms with Crippen molar-refractivity contribution in [1.82, 2.24) is 0 Å². The topological polar surface area (TPSA) is 35.2 Å². The second kappa shape index (κ2) is 6.06. The van der Waals surface area contributed by atoms with E-state index in [1.807, 2.05) is 18.2 Å². The fourth-order valence-electron chi connectivity index (χ4n) is 1.72. The third kappa shape index (κ3) is 3.47. The first-order valence-electron chi connectivity index (χ1n) is 6.50. The van der Waals surface area contributed by atoms with Gasteiger partial charge in [0, 0.05) is 11.6 Å². The molecular weight excluding hydrogens is 210 g/mol. The number of para-hydroxylation sites is 1. The summed E-state index contributed by atoms with van der Waals surface area (Å²) in [5.41, 5.74) is 7.58. The molecule has 0 bridgehead atoms. The van der Waals surface area contributed by atoms with E-state index in [0.29, 0.717) is 0 Å². The van der Waals surface area contributed by atoms with Crippen LogP contribution in [-0.4, -0.2) is 6.61 Å². The lowest BCUT2D eigenvalue weighted by Gasteiger charge is -2.31. The fraction of sp³-hybridized carbons (Fsp3) is 0.600. The molecule has 2 N–H and O–H groups in total.